The SMILES string of the molecule is CCCC[C@H](O)c1ccc[n+]([O-])c1. The number of aromatic nitrogens is 1. The minimum atomic E-state index is -0.499. The highest BCUT2D eigenvalue weighted by Crippen LogP contribution is 2.16. The van der Waals surface area contributed by atoms with Crippen LogP contribution in [0.4, 0.5) is 0 Å². The summed E-state index contributed by atoms with van der Waals surface area (Å²) in [5, 5.41) is 20.5. The fourth-order valence-corrected chi connectivity index (χ4v) is 1.23. The molecular weight excluding hydrogens is 166 g/mol. The van der Waals surface area contributed by atoms with Gasteiger partial charge >= 0.3 is 0 Å². The monoisotopic (exact) mass is 181 g/mol. The van der Waals surface area contributed by atoms with Crippen molar-refractivity contribution in [3.63, 3.8) is 0 Å². The van der Waals surface area contributed by atoms with Crippen molar-refractivity contribution in [1.29, 1.82) is 0 Å². The van der Waals surface area contributed by atoms with Gasteiger partial charge in [0, 0.05) is 11.6 Å². The normalized spacial score (nSPS) is 12.8. The Balaban J connectivity index is 2.60. The molecule has 0 amide bonds. The third-order valence-electron chi connectivity index (χ3n) is 2.01. The molecule has 3 heteroatoms. The van der Waals surface area contributed by atoms with Gasteiger partial charge in [-0.15, -0.1) is 0 Å². The van der Waals surface area contributed by atoms with Crippen LogP contribution in [0.5, 0.6) is 0 Å². The molecule has 0 aliphatic rings. The van der Waals surface area contributed by atoms with Gasteiger partial charge < -0.3 is 10.3 Å². The van der Waals surface area contributed by atoms with Crippen LogP contribution < -0.4 is 4.73 Å². The molecule has 1 aromatic heterocycles. The lowest BCUT2D eigenvalue weighted by Crippen LogP contribution is -2.25. The summed E-state index contributed by atoms with van der Waals surface area (Å²) in [5.41, 5.74) is 0.700. The number of aliphatic hydroxyl groups excluding tert-OH is 1. The highest BCUT2D eigenvalue weighted by Gasteiger charge is 2.08. The molecule has 0 saturated carbocycles. The van der Waals surface area contributed by atoms with Crippen LogP contribution in [0.2, 0.25) is 0 Å². The molecule has 0 spiro atoms. The van der Waals surface area contributed by atoms with Crippen LogP contribution in [0.15, 0.2) is 24.5 Å². The molecule has 0 radical (unpaired) electrons. The van der Waals surface area contributed by atoms with E-state index in [0.717, 1.165) is 19.3 Å². The Labute approximate surface area is 78.2 Å². The predicted molar refractivity (Wildman–Crippen MR) is 49.9 cm³/mol. The first-order valence-corrected chi connectivity index (χ1v) is 4.61. The van der Waals surface area contributed by atoms with Gasteiger partial charge in [-0.3, -0.25) is 0 Å². The zero-order chi connectivity index (χ0) is 9.68. The Hall–Kier alpha value is -1.09. The Morgan fingerprint density at radius 3 is 3.00 bits per heavy atom. The van der Waals surface area contributed by atoms with Crippen molar-refractivity contribution in [1.82, 2.24) is 0 Å². The Kier molecular flexibility index (Phi) is 3.71. The summed E-state index contributed by atoms with van der Waals surface area (Å²) >= 11 is 0. The minimum absolute atomic E-state index is 0.499. The summed E-state index contributed by atoms with van der Waals surface area (Å²) in [7, 11) is 0. The molecule has 0 aliphatic carbocycles. The first-order chi connectivity index (χ1) is 6.24. The summed E-state index contributed by atoms with van der Waals surface area (Å²) in [6.45, 7) is 2.07. The standard InChI is InChI=1S/C10H15NO2/c1-2-3-6-10(12)9-5-4-7-11(13)8-9/h4-5,7-8,10,12H,2-3,6H2,1H3/t10-/m0/s1. The van der Waals surface area contributed by atoms with Crippen molar-refractivity contribution in [2.75, 3.05) is 0 Å². The van der Waals surface area contributed by atoms with Gasteiger partial charge in [-0.2, -0.15) is 4.73 Å². The predicted octanol–water partition coefficient (Wildman–Crippen LogP) is 1.54. The van der Waals surface area contributed by atoms with Crippen LogP contribution in [-0.2, 0) is 0 Å². The maximum atomic E-state index is 10.9. The van der Waals surface area contributed by atoms with E-state index in [9.17, 15) is 10.3 Å². The van der Waals surface area contributed by atoms with Gasteiger partial charge in [-0.05, 0) is 12.5 Å². The summed E-state index contributed by atoms with van der Waals surface area (Å²) < 4.78 is 0.713. The number of unbranched alkanes of at least 4 members (excludes halogenated alkanes) is 1. The van der Waals surface area contributed by atoms with Gasteiger partial charge in [-0.25, -0.2) is 0 Å². The van der Waals surface area contributed by atoms with Gasteiger partial charge in [-0.1, -0.05) is 19.8 Å². The molecule has 0 saturated heterocycles. The molecule has 0 aromatic carbocycles. The summed E-state index contributed by atoms with van der Waals surface area (Å²) in [6, 6.07) is 3.42. The van der Waals surface area contributed by atoms with Crippen LogP contribution in [0.1, 0.15) is 37.9 Å². The highest BCUT2D eigenvalue weighted by molar-refractivity contribution is 5.08. The average molecular weight is 181 g/mol. The lowest BCUT2D eigenvalue weighted by molar-refractivity contribution is -0.606. The molecule has 1 atom stereocenters. The second-order valence-corrected chi connectivity index (χ2v) is 3.16. The quantitative estimate of drug-likeness (QED) is 0.565. The van der Waals surface area contributed by atoms with Crippen molar-refractivity contribution < 1.29 is 9.84 Å². The maximum absolute atomic E-state index is 10.9. The number of aliphatic hydroxyl groups is 1. The molecule has 1 rings (SSSR count). The van der Waals surface area contributed by atoms with Crippen molar-refractivity contribution in [3.05, 3.63) is 35.3 Å². The molecule has 0 aliphatic heterocycles. The van der Waals surface area contributed by atoms with Gasteiger partial charge in [0.05, 0.1) is 6.10 Å². The van der Waals surface area contributed by atoms with E-state index in [1.807, 2.05) is 0 Å². The van der Waals surface area contributed by atoms with Gasteiger partial charge in [0.2, 0.25) is 0 Å². The minimum Gasteiger partial charge on any atom is -0.619 e. The van der Waals surface area contributed by atoms with E-state index in [2.05, 4.69) is 6.92 Å². The molecule has 1 aromatic rings. The Morgan fingerprint density at radius 1 is 1.62 bits per heavy atom. The number of rotatable bonds is 4. The molecule has 72 valence electrons. The molecular formula is C10H15NO2. The van der Waals surface area contributed by atoms with E-state index in [1.165, 1.54) is 12.4 Å². The van der Waals surface area contributed by atoms with Crippen molar-refractivity contribution in [2.45, 2.75) is 32.3 Å². The average Bonchev–Trinajstić information content (AvgIpc) is 2.14. The molecule has 0 unspecified atom stereocenters. The zero-order valence-corrected chi connectivity index (χ0v) is 7.81. The summed E-state index contributed by atoms with van der Waals surface area (Å²) in [4.78, 5) is 0. The van der Waals surface area contributed by atoms with Crippen LogP contribution in [0.25, 0.3) is 0 Å². The maximum Gasteiger partial charge on any atom is 0.186 e. The van der Waals surface area contributed by atoms with Gasteiger partial charge in [0.25, 0.3) is 0 Å². The zero-order valence-electron chi connectivity index (χ0n) is 7.81. The van der Waals surface area contributed by atoms with E-state index in [1.54, 1.807) is 12.1 Å². The summed E-state index contributed by atoms with van der Waals surface area (Å²) in [6.07, 6.45) is 5.09. The topological polar surface area (TPSA) is 47.2 Å². The van der Waals surface area contributed by atoms with E-state index in [0.29, 0.717) is 10.3 Å². The number of hydrogen-bond acceptors (Lipinski definition) is 2. The molecule has 0 fully saturated rings. The Bertz CT molecular complexity index is 263. The number of pyridine rings is 1. The van der Waals surface area contributed by atoms with Crippen molar-refractivity contribution in [3.8, 4) is 0 Å². The van der Waals surface area contributed by atoms with E-state index in [4.69, 9.17) is 0 Å². The van der Waals surface area contributed by atoms with Gasteiger partial charge in [0.1, 0.15) is 0 Å². The van der Waals surface area contributed by atoms with Gasteiger partial charge in [0.15, 0.2) is 12.4 Å². The molecule has 1 heterocycles. The largest absolute Gasteiger partial charge is 0.619 e. The number of hydrogen-bond donors (Lipinski definition) is 1. The Morgan fingerprint density at radius 2 is 2.38 bits per heavy atom. The van der Waals surface area contributed by atoms with Crippen molar-refractivity contribution >= 4 is 0 Å². The fraction of sp³-hybridized carbons (Fsp3) is 0.500. The third kappa shape index (κ3) is 3.03. The molecule has 3 nitrogen and oxygen atoms in total. The summed E-state index contributed by atoms with van der Waals surface area (Å²) in [5.74, 6) is 0. The van der Waals surface area contributed by atoms with Crippen molar-refractivity contribution in [2.24, 2.45) is 0 Å². The highest BCUT2D eigenvalue weighted by atomic mass is 16.5. The van der Waals surface area contributed by atoms with Crippen LogP contribution in [-0.4, -0.2) is 5.11 Å². The fourth-order valence-electron chi connectivity index (χ4n) is 1.23. The van der Waals surface area contributed by atoms with Crippen LogP contribution in [0.3, 0.4) is 0 Å². The third-order valence-corrected chi connectivity index (χ3v) is 2.01. The van der Waals surface area contributed by atoms with Crippen LogP contribution >= 0.6 is 0 Å². The first kappa shape index (κ1) is 9.99. The second-order valence-electron chi connectivity index (χ2n) is 3.16. The lowest BCUT2D eigenvalue weighted by atomic mass is 10.1. The van der Waals surface area contributed by atoms with E-state index in [-0.39, 0.29) is 0 Å². The van der Waals surface area contributed by atoms with Crippen LogP contribution in [0, 0.1) is 5.21 Å². The molecule has 1 N–H and O–H groups in total. The van der Waals surface area contributed by atoms with E-state index >= 15 is 0 Å². The smallest absolute Gasteiger partial charge is 0.186 e. The lowest BCUT2D eigenvalue weighted by Gasteiger charge is -2.08. The van der Waals surface area contributed by atoms with E-state index < -0.39 is 6.10 Å². The molecule has 13 heavy (non-hydrogen) atoms. The molecule has 0 bridgehead atoms. The second kappa shape index (κ2) is 4.82. The number of nitrogens with zero attached hydrogens (tertiary/aromatic N) is 1. The first-order valence-electron chi connectivity index (χ1n) is 4.61.